The van der Waals surface area contributed by atoms with Crippen LogP contribution in [0.15, 0.2) is 49.1 Å². The van der Waals surface area contributed by atoms with Crippen LogP contribution in [0.5, 0.6) is 0 Å². The average molecular weight is 1610 g/mol. The van der Waals surface area contributed by atoms with E-state index in [1.165, 1.54) is 9.80 Å². The Kier molecular flexibility index (Phi) is 41.8. The summed E-state index contributed by atoms with van der Waals surface area (Å²) in [7, 11) is 0. The van der Waals surface area contributed by atoms with Crippen molar-refractivity contribution in [1.82, 2.24) is 53.4 Å². The van der Waals surface area contributed by atoms with Crippen molar-refractivity contribution >= 4 is 88.7 Å². The van der Waals surface area contributed by atoms with Gasteiger partial charge in [-0.3, -0.25) is 66.9 Å². The Morgan fingerprint density at radius 1 is 0.398 bits per heavy atom. The molecule has 636 valence electrons. The zero-order valence-corrected chi connectivity index (χ0v) is 71.8. The molecule has 0 saturated carbocycles. The zero-order chi connectivity index (χ0) is 86.8. The fourth-order valence-corrected chi connectivity index (χ4v) is 11.2. The molecule has 4 amide bonds. The summed E-state index contributed by atoms with van der Waals surface area (Å²) in [6, 6.07) is 6.96. The van der Waals surface area contributed by atoms with Gasteiger partial charge in [-0.25, -0.2) is 9.97 Å². The molecule has 0 aliphatic rings. The molecule has 34 nitrogen and oxygen atoms in total. The molecule has 1 unspecified atom stereocenters. The number of aryl methyl sites for hydroxylation is 2. The number of amides is 4. The lowest BCUT2D eigenvalue weighted by Crippen LogP contribution is -2.50. The van der Waals surface area contributed by atoms with Gasteiger partial charge in [0.1, 0.15) is 84.5 Å². The Morgan fingerprint density at radius 2 is 0.655 bits per heavy atom. The van der Waals surface area contributed by atoms with Crippen LogP contribution in [-0.4, -0.2) is 266 Å². The number of rotatable bonds is 39. The van der Waals surface area contributed by atoms with Crippen LogP contribution in [0.1, 0.15) is 196 Å². The van der Waals surface area contributed by atoms with Crippen molar-refractivity contribution in [2.24, 2.45) is 10.8 Å². The molecule has 3 rings (SSSR count). The second-order valence-corrected chi connectivity index (χ2v) is 36.2. The second kappa shape index (κ2) is 46.3. The first-order valence-corrected chi connectivity index (χ1v) is 38.3. The van der Waals surface area contributed by atoms with E-state index in [4.69, 9.17) is 57.6 Å². The highest BCUT2D eigenvalue weighted by Crippen LogP contribution is 2.22. The Labute approximate surface area is 668 Å². The third-order valence-corrected chi connectivity index (χ3v) is 15.0. The maximum Gasteiger partial charge on any atom is 0.373 e. The fourth-order valence-electron chi connectivity index (χ4n) is 10.9. The summed E-state index contributed by atoms with van der Waals surface area (Å²) < 4.78 is 62.8. The van der Waals surface area contributed by atoms with Crippen molar-refractivity contribution in [3.05, 3.63) is 66.3 Å². The van der Waals surface area contributed by atoms with E-state index in [-0.39, 0.29) is 77.8 Å². The van der Waals surface area contributed by atoms with Gasteiger partial charge in [-0.1, -0.05) is 53.7 Å². The number of carbonyl (C=O) groups excluding carboxylic acids is 14. The zero-order valence-electron chi connectivity index (χ0n) is 71.0. The highest BCUT2D eigenvalue weighted by atomic mass is 32.2. The van der Waals surface area contributed by atoms with E-state index in [1.807, 2.05) is 75.2 Å². The largest absolute Gasteiger partial charge is 0.755 e. The molecule has 1 aromatic carbocycles. The number of anilines is 1. The summed E-state index contributed by atoms with van der Waals surface area (Å²) in [5.74, 6) is -5.30. The van der Waals surface area contributed by atoms with E-state index in [0.717, 1.165) is 15.4 Å². The van der Waals surface area contributed by atoms with Gasteiger partial charge in [0, 0.05) is 87.6 Å². The van der Waals surface area contributed by atoms with Crippen LogP contribution in [0.25, 0.3) is 0 Å². The number of hydrogen-bond acceptors (Lipinski definition) is 27. The quantitative estimate of drug-likeness (QED) is 0.0377. The molecule has 35 heteroatoms. The number of nitrogens with zero attached hydrogens (tertiary/aromatic N) is 11. The monoisotopic (exact) mass is 1610 g/mol. The molecule has 0 spiro atoms. The average Bonchev–Trinajstić information content (AvgIpc) is 1.83. The van der Waals surface area contributed by atoms with Crippen LogP contribution in [-0.2, 0) is 139 Å². The van der Waals surface area contributed by atoms with E-state index in [1.54, 1.807) is 159 Å². The summed E-state index contributed by atoms with van der Waals surface area (Å²) in [6.45, 7) is 39.6. The lowest BCUT2D eigenvalue weighted by Gasteiger charge is -2.33. The van der Waals surface area contributed by atoms with Crippen LogP contribution in [0, 0.1) is 10.8 Å². The van der Waals surface area contributed by atoms with E-state index in [2.05, 4.69) is 9.62 Å². The topological polar surface area (TPSA) is 405 Å². The minimum Gasteiger partial charge on any atom is -0.755 e. The van der Waals surface area contributed by atoms with Gasteiger partial charge >= 0.3 is 48.1 Å². The van der Waals surface area contributed by atoms with Crippen LogP contribution < -0.4 is 4.72 Å². The summed E-state index contributed by atoms with van der Waals surface area (Å²) in [5, 5.41) is 0. The van der Waals surface area contributed by atoms with Crippen molar-refractivity contribution < 1.29 is 104 Å². The standard InChI is InChI=1S/C76H126N12O18S.2CO2/c1-69(2,3)53-87(51-67(97)105-75(19,20)21)61(91)45-80(43-59(89)85(47-63(93)101-71(7,8)9)48-64(94)102-72(10,11)12)34-25-36-83-39-32-77-57(83)41-82(38-31-55-27-29-56(30-28-55)79-107(99)100)42-58-78-33-40-84(58)37-26-35-81(46-62(92)88(54-70(4,5)6)52-68(98)106-76(22,23)24)44-60(90)86(49-65(95)103-73(13,14)15)50-66(96)104-74(16,17)18;2*2-1-3/h27-30,32-33,39-40,79H,25-26,31,34-38,41-54H2,1-24H3,(H,99,100);;/p-1. The molecule has 2 heterocycles. The molecule has 1 N–H and O–H groups in total. The number of esters is 6. The Morgan fingerprint density at radius 3 is 0.903 bits per heavy atom. The highest BCUT2D eigenvalue weighted by Gasteiger charge is 2.34. The van der Waals surface area contributed by atoms with Crippen molar-refractivity contribution in [2.45, 2.75) is 245 Å². The smallest absolute Gasteiger partial charge is 0.373 e. The van der Waals surface area contributed by atoms with E-state index in [9.17, 15) is 56.7 Å². The first-order valence-electron chi connectivity index (χ1n) is 37.2. The normalized spacial score (nSPS) is 12.3. The van der Waals surface area contributed by atoms with Gasteiger partial charge in [-0.2, -0.15) is 19.2 Å². The predicted molar refractivity (Wildman–Crippen MR) is 414 cm³/mol. The van der Waals surface area contributed by atoms with Gasteiger partial charge in [0.25, 0.3) is 0 Å². The summed E-state index contributed by atoms with van der Waals surface area (Å²) in [5.41, 5.74) is -5.02. The third-order valence-electron chi connectivity index (χ3n) is 14.6. The number of nitrogens with one attached hydrogen (secondary N) is 1. The molecule has 0 fully saturated rings. The van der Waals surface area contributed by atoms with Crippen molar-refractivity contribution in [3.8, 4) is 0 Å². The van der Waals surface area contributed by atoms with E-state index in [0.29, 0.717) is 56.2 Å². The lowest BCUT2D eigenvalue weighted by molar-refractivity contribution is -0.193. The van der Waals surface area contributed by atoms with Gasteiger partial charge in [-0.15, -0.1) is 0 Å². The Bertz CT molecular complexity index is 3390. The second-order valence-electron chi connectivity index (χ2n) is 35.5. The van der Waals surface area contributed by atoms with Gasteiger partial charge in [0.05, 0.1) is 39.3 Å². The molecule has 0 aliphatic heterocycles. The molecule has 2 aromatic heterocycles. The third kappa shape index (κ3) is 49.2. The molecule has 3 aromatic rings. The van der Waals surface area contributed by atoms with Crippen LogP contribution in [0.2, 0.25) is 0 Å². The van der Waals surface area contributed by atoms with Gasteiger partial charge < -0.3 is 66.4 Å². The van der Waals surface area contributed by atoms with Crippen molar-refractivity contribution in [1.29, 1.82) is 0 Å². The number of benzene rings is 1. The summed E-state index contributed by atoms with van der Waals surface area (Å²) in [6.07, 6.45) is 8.61. The minimum atomic E-state index is -2.54. The number of aromatic nitrogens is 4. The number of imidazole rings is 2. The molecular formula is C78H125N12O22S-. The molecule has 0 aliphatic carbocycles. The number of ether oxygens (including phenoxy) is 6. The predicted octanol–water partition coefficient (Wildman–Crippen LogP) is 6.20. The fraction of sp³-hybridized carbons (Fsp3) is 0.692. The molecule has 0 radical (unpaired) electrons. The first kappa shape index (κ1) is 102. The molecule has 0 bridgehead atoms. The van der Waals surface area contributed by atoms with Gasteiger partial charge in [0.15, 0.2) is 0 Å². The Hall–Kier alpha value is -9.11. The number of carbonyl (C=O) groups is 10. The van der Waals surface area contributed by atoms with E-state index < -0.39 is 154 Å². The van der Waals surface area contributed by atoms with Crippen molar-refractivity contribution in [2.75, 3.05) is 103 Å². The molecular weight excluding hydrogens is 1490 g/mol. The maximum atomic E-state index is 14.6. The van der Waals surface area contributed by atoms with Crippen LogP contribution >= 0.6 is 0 Å². The van der Waals surface area contributed by atoms with Crippen LogP contribution in [0.4, 0.5) is 5.69 Å². The summed E-state index contributed by atoms with van der Waals surface area (Å²) in [4.78, 5) is 191. The minimum absolute atomic E-state index is 0.126. The van der Waals surface area contributed by atoms with Crippen LogP contribution in [0.3, 0.4) is 0 Å². The van der Waals surface area contributed by atoms with Crippen molar-refractivity contribution in [3.63, 3.8) is 0 Å². The molecule has 0 saturated heterocycles. The maximum absolute atomic E-state index is 14.6. The molecule has 113 heavy (non-hydrogen) atoms. The lowest BCUT2D eigenvalue weighted by atomic mass is 9.96. The van der Waals surface area contributed by atoms with Gasteiger partial charge in [-0.05, 0) is 172 Å². The SMILES string of the molecule is CC(C)(C)CN(CC(=O)OC(C)(C)C)C(=O)CN(CCCn1ccnc1CN(CCc1ccc(NS(=O)[O-])cc1)Cc1nccn1CCCN(CC(=O)N(CC(=O)OC(C)(C)C)CC(=O)OC(C)(C)C)CC(=O)N(CC(=O)OC(C)(C)C)CC(C)(C)C)CC(=O)N(CC(=O)OC(C)(C)C)CC(=O)OC(C)(C)C.O=C=O.O=C=O. The number of hydrogen-bond donors (Lipinski definition) is 1. The molecule has 1 atom stereocenters. The summed E-state index contributed by atoms with van der Waals surface area (Å²) >= 11 is -2.54. The van der Waals surface area contributed by atoms with Gasteiger partial charge in [0.2, 0.25) is 23.6 Å². The first-order chi connectivity index (χ1) is 51.7. The highest BCUT2D eigenvalue weighted by molar-refractivity contribution is 7.80. The van der Waals surface area contributed by atoms with E-state index >= 15 is 0 Å². The Balaban J connectivity index is 0.0000103.